The number of aliphatic hydroxyl groups is 3. The monoisotopic (exact) mass is 462 g/mol. The van der Waals surface area contributed by atoms with E-state index in [2.05, 4.69) is 0 Å². The topological polar surface area (TPSA) is 168 Å². The molecule has 0 saturated carbocycles. The maximum Gasteiger partial charge on any atom is 0.228 e. The third-order valence-corrected chi connectivity index (χ3v) is 5.25. The number of fused-ring (bicyclic) bond motifs is 1. The fraction of sp³-hybridized carbons (Fsp3) is 0.318. The third kappa shape index (κ3) is 4.14. The molecule has 1 fully saturated rings. The highest BCUT2D eigenvalue weighted by molar-refractivity contribution is 5.86. The van der Waals surface area contributed by atoms with Gasteiger partial charge in [-0.3, -0.25) is 4.79 Å². The van der Waals surface area contributed by atoms with Crippen LogP contribution in [0.4, 0.5) is 0 Å². The molecular formula is C22H22O11. The lowest BCUT2D eigenvalue weighted by Crippen LogP contribution is -2.54. The van der Waals surface area contributed by atoms with Crippen LogP contribution >= 0.6 is 0 Å². The largest absolute Gasteiger partial charge is 0.507 e. The summed E-state index contributed by atoms with van der Waals surface area (Å²) >= 11 is 0. The number of rotatable bonds is 5. The Kier molecular flexibility index (Phi) is 6.04. The van der Waals surface area contributed by atoms with Crippen LogP contribution in [0, 0.1) is 0 Å². The van der Waals surface area contributed by atoms with E-state index in [9.17, 15) is 30.3 Å². The van der Waals surface area contributed by atoms with Crippen molar-refractivity contribution in [1.29, 1.82) is 0 Å². The van der Waals surface area contributed by atoms with E-state index in [1.165, 1.54) is 38.5 Å². The maximum absolute atomic E-state index is 12.7. The Morgan fingerprint density at radius 2 is 1.61 bits per heavy atom. The Hall–Kier alpha value is -3.51. The highest BCUT2D eigenvalue weighted by atomic mass is 16.7. The summed E-state index contributed by atoms with van der Waals surface area (Å²) in [5.74, 6) is -0.400. The Labute approximate surface area is 186 Å². The van der Waals surface area contributed by atoms with E-state index in [1.807, 2.05) is 0 Å². The van der Waals surface area contributed by atoms with Crippen molar-refractivity contribution >= 4 is 11.0 Å². The van der Waals surface area contributed by atoms with Crippen LogP contribution in [0.2, 0.25) is 0 Å². The number of benzene rings is 2. The molecule has 11 heteroatoms. The van der Waals surface area contributed by atoms with E-state index < -0.39 is 35.8 Å². The molecule has 4 atom stereocenters. The van der Waals surface area contributed by atoms with Crippen molar-refractivity contribution in [3.05, 3.63) is 40.6 Å². The van der Waals surface area contributed by atoms with E-state index in [0.29, 0.717) is 5.56 Å². The van der Waals surface area contributed by atoms with E-state index in [4.69, 9.17) is 23.4 Å². The first kappa shape index (κ1) is 22.7. The first-order chi connectivity index (χ1) is 15.7. The minimum absolute atomic E-state index is 0.0196. The number of hydrogen-bond acceptors (Lipinski definition) is 11. The fourth-order valence-electron chi connectivity index (χ4n) is 3.51. The number of ether oxygens (including phenoxy) is 4. The summed E-state index contributed by atoms with van der Waals surface area (Å²) < 4.78 is 26.8. The van der Waals surface area contributed by atoms with Gasteiger partial charge in [0.1, 0.15) is 46.5 Å². The van der Waals surface area contributed by atoms with Crippen LogP contribution in [0.1, 0.15) is 0 Å². The first-order valence-electron chi connectivity index (χ1n) is 9.82. The highest BCUT2D eigenvalue weighted by Gasteiger charge is 2.39. The quantitative estimate of drug-likeness (QED) is 0.362. The average molecular weight is 462 g/mol. The molecule has 0 unspecified atom stereocenters. The van der Waals surface area contributed by atoms with Crippen LogP contribution in [-0.4, -0.2) is 71.0 Å². The Morgan fingerprint density at radius 1 is 0.939 bits per heavy atom. The van der Waals surface area contributed by atoms with E-state index >= 15 is 0 Å². The molecule has 11 nitrogen and oxygen atoms in total. The Morgan fingerprint density at radius 3 is 2.24 bits per heavy atom. The standard InChI is InChI=1S/C22H22O11/c1-29-16-3-9(4-17(30-2)20(16)27)14-7-12(24)18-11(23)5-10(6-15(18)33-14)32-22-21(28)19(26)13(25)8-31-22/h3-7,13,19,21-23,25-28H,8H2,1-2H3/t13-,19-,21-,22-/m0/s1. The fourth-order valence-corrected chi connectivity index (χ4v) is 3.51. The van der Waals surface area contributed by atoms with E-state index in [0.717, 1.165) is 6.07 Å². The number of aliphatic hydroxyl groups excluding tert-OH is 3. The third-order valence-electron chi connectivity index (χ3n) is 5.25. The van der Waals surface area contributed by atoms with E-state index in [1.54, 1.807) is 0 Å². The van der Waals surface area contributed by atoms with Crippen molar-refractivity contribution in [3.8, 4) is 40.1 Å². The van der Waals surface area contributed by atoms with Gasteiger partial charge in [-0.2, -0.15) is 0 Å². The van der Waals surface area contributed by atoms with Crippen molar-refractivity contribution < 1.29 is 48.9 Å². The van der Waals surface area contributed by atoms with Crippen LogP contribution in [0.5, 0.6) is 28.7 Å². The molecule has 0 radical (unpaired) electrons. The summed E-state index contributed by atoms with van der Waals surface area (Å²) in [6, 6.07) is 6.50. The molecule has 1 aliphatic heterocycles. The summed E-state index contributed by atoms with van der Waals surface area (Å²) in [7, 11) is 2.71. The normalized spacial score (nSPS) is 22.8. The number of phenolic OH excluding ortho intramolecular Hbond substituents is 2. The summed E-state index contributed by atoms with van der Waals surface area (Å²) in [5, 5.41) is 49.8. The predicted octanol–water partition coefficient (Wildman–Crippen LogP) is 0.706. The minimum atomic E-state index is -1.55. The van der Waals surface area contributed by atoms with Gasteiger partial charge in [0.15, 0.2) is 16.9 Å². The lowest BCUT2D eigenvalue weighted by atomic mass is 10.1. The second-order valence-electron chi connectivity index (χ2n) is 7.39. The second kappa shape index (κ2) is 8.79. The zero-order chi connectivity index (χ0) is 23.9. The van der Waals surface area contributed by atoms with Gasteiger partial charge in [0, 0.05) is 23.8 Å². The van der Waals surface area contributed by atoms with Gasteiger partial charge in [0.25, 0.3) is 0 Å². The number of phenols is 2. The zero-order valence-corrected chi connectivity index (χ0v) is 17.6. The number of methoxy groups -OCH3 is 2. The van der Waals surface area contributed by atoms with Gasteiger partial charge >= 0.3 is 0 Å². The van der Waals surface area contributed by atoms with Crippen molar-refractivity contribution in [2.24, 2.45) is 0 Å². The van der Waals surface area contributed by atoms with E-state index in [-0.39, 0.29) is 46.3 Å². The van der Waals surface area contributed by atoms with Gasteiger partial charge in [-0.25, -0.2) is 0 Å². The van der Waals surface area contributed by atoms with Crippen LogP contribution in [-0.2, 0) is 4.74 Å². The van der Waals surface area contributed by atoms with Crippen LogP contribution in [0.3, 0.4) is 0 Å². The second-order valence-corrected chi connectivity index (χ2v) is 7.39. The van der Waals surface area contributed by atoms with Crippen molar-refractivity contribution in [3.63, 3.8) is 0 Å². The van der Waals surface area contributed by atoms with Crippen molar-refractivity contribution in [1.82, 2.24) is 0 Å². The minimum Gasteiger partial charge on any atom is -0.507 e. The molecule has 5 N–H and O–H groups in total. The molecule has 1 aliphatic rings. The van der Waals surface area contributed by atoms with Crippen molar-refractivity contribution in [2.45, 2.75) is 24.6 Å². The molecule has 0 spiro atoms. The molecule has 176 valence electrons. The lowest BCUT2D eigenvalue weighted by Gasteiger charge is -2.34. The molecule has 1 saturated heterocycles. The molecule has 0 aliphatic carbocycles. The van der Waals surface area contributed by atoms with Gasteiger partial charge < -0.3 is 48.9 Å². The highest BCUT2D eigenvalue weighted by Crippen LogP contribution is 2.41. The zero-order valence-electron chi connectivity index (χ0n) is 17.6. The van der Waals surface area contributed by atoms with Gasteiger partial charge in [0.2, 0.25) is 12.0 Å². The number of aromatic hydroxyl groups is 2. The number of hydrogen-bond donors (Lipinski definition) is 5. The van der Waals surface area contributed by atoms with Gasteiger partial charge in [-0.15, -0.1) is 0 Å². The van der Waals surface area contributed by atoms with Crippen molar-refractivity contribution in [2.75, 3.05) is 20.8 Å². The Bertz CT molecular complexity index is 1210. The molecule has 0 amide bonds. The summed E-state index contributed by atoms with van der Waals surface area (Å²) in [6.45, 7) is -0.272. The average Bonchev–Trinajstić information content (AvgIpc) is 2.79. The molecule has 2 heterocycles. The van der Waals surface area contributed by atoms with Crippen LogP contribution in [0.15, 0.2) is 39.5 Å². The van der Waals surface area contributed by atoms with Gasteiger partial charge in [0.05, 0.1) is 20.8 Å². The molecule has 33 heavy (non-hydrogen) atoms. The summed E-state index contributed by atoms with van der Waals surface area (Å²) in [4.78, 5) is 12.7. The van der Waals surface area contributed by atoms with Gasteiger partial charge in [-0.05, 0) is 12.1 Å². The molecule has 1 aromatic heterocycles. The van der Waals surface area contributed by atoms with Gasteiger partial charge in [-0.1, -0.05) is 0 Å². The maximum atomic E-state index is 12.7. The lowest BCUT2D eigenvalue weighted by molar-refractivity contribution is -0.242. The molecule has 2 aromatic carbocycles. The van der Waals surface area contributed by atoms with Crippen LogP contribution < -0.4 is 19.6 Å². The first-order valence-corrected chi connectivity index (χ1v) is 9.82. The molecular weight excluding hydrogens is 440 g/mol. The summed E-state index contributed by atoms with van der Waals surface area (Å²) in [5.41, 5.74) is -0.229. The molecule has 3 aromatic rings. The molecule has 4 rings (SSSR count). The predicted molar refractivity (Wildman–Crippen MR) is 113 cm³/mol. The smallest absolute Gasteiger partial charge is 0.228 e. The molecule has 0 bridgehead atoms. The summed E-state index contributed by atoms with van der Waals surface area (Å²) in [6.07, 6.45) is -5.64. The van der Waals surface area contributed by atoms with Crippen LogP contribution in [0.25, 0.3) is 22.3 Å². The SMILES string of the molecule is COc1cc(-c2cc(=O)c3c(O)cc(O[C@@H]4OC[C@H](O)[C@H](O)[C@@H]4O)cc3o2)cc(OC)c1O. The Balaban J connectivity index is 1.76.